The Bertz CT molecular complexity index is 670. The van der Waals surface area contributed by atoms with Crippen LogP contribution in [0, 0.1) is 17.8 Å². The molecule has 0 radical (unpaired) electrons. The molecule has 4 aliphatic carbocycles. The summed E-state index contributed by atoms with van der Waals surface area (Å²) in [7, 11) is 0. The molecule has 0 saturated heterocycles. The van der Waals surface area contributed by atoms with Crippen molar-refractivity contribution in [1.82, 2.24) is 4.90 Å². The van der Waals surface area contributed by atoms with Gasteiger partial charge in [-0.3, -0.25) is 14.4 Å². The number of hydrogen-bond acceptors (Lipinski definition) is 6. The Labute approximate surface area is 170 Å². The first-order valence-electron chi connectivity index (χ1n) is 10.2. The average Bonchev–Trinajstić information content (AvgIpc) is 2.55. The SMILES string of the molecule is CC(=O)O[C@@H]1[C@H](OC(C)=O)C=CN(C(C)=O)[C@H]1SC12CC3CC(CC(C3)C1)C2. The van der Waals surface area contributed by atoms with Crippen molar-refractivity contribution in [1.29, 1.82) is 0 Å². The quantitative estimate of drug-likeness (QED) is 0.666. The van der Waals surface area contributed by atoms with Crippen LogP contribution in [-0.2, 0) is 23.9 Å². The summed E-state index contributed by atoms with van der Waals surface area (Å²) in [6.07, 6.45) is 9.47. The summed E-state index contributed by atoms with van der Waals surface area (Å²) < 4.78 is 11.2. The van der Waals surface area contributed by atoms with Gasteiger partial charge in [0.25, 0.3) is 0 Å². The number of amides is 1. The Kier molecular flexibility index (Phi) is 5.23. The molecular weight excluding hydrogens is 378 g/mol. The molecule has 0 spiro atoms. The van der Waals surface area contributed by atoms with E-state index < -0.39 is 24.1 Å². The van der Waals surface area contributed by atoms with Gasteiger partial charge >= 0.3 is 11.9 Å². The van der Waals surface area contributed by atoms with Crippen LogP contribution >= 0.6 is 11.8 Å². The number of thioether (sulfide) groups is 1. The van der Waals surface area contributed by atoms with Crippen molar-refractivity contribution in [2.45, 2.75) is 81.6 Å². The molecule has 4 saturated carbocycles. The summed E-state index contributed by atoms with van der Waals surface area (Å²) in [5, 5.41) is -0.382. The van der Waals surface area contributed by atoms with Gasteiger partial charge in [-0.1, -0.05) is 0 Å². The summed E-state index contributed by atoms with van der Waals surface area (Å²) in [5.74, 6) is 1.37. The highest BCUT2D eigenvalue weighted by atomic mass is 32.2. The van der Waals surface area contributed by atoms with E-state index in [0.717, 1.165) is 17.8 Å². The molecule has 0 aromatic rings. The maximum atomic E-state index is 12.4. The Balaban J connectivity index is 1.63. The minimum atomic E-state index is -0.701. The van der Waals surface area contributed by atoms with Crippen molar-refractivity contribution in [3.8, 4) is 0 Å². The second kappa shape index (κ2) is 7.39. The third-order valence-electron chi connectivity index (χ3n) is 6.64. The Morgan fingerprint density at radius 1 is 0.929 bits per heavy atom. The normalized spacial score (nSPS) is 41.0. The molecule has 0 aromatic carbocycles. The second-order valence-corrected chi connectivity index (χ2v) is 10.6. The van der Waals surface area contributed by atoms with Crippen LogP contribution < -0.4 is 0 Å². The zero-order chi connectivity index (χ0) is 20.1. The van der Waals surface area contributed by atoms with Gasteiger partial charge in [-0.2, -0.15) is 0 Å². The van der Waals surface area contributed by atoms with E-state index in [1.807, 2.05) is 0 Å². The lowest BCUT2D eigenvalue weighted by atomic mass is 9.56. The first-order chi connectivity index (χ1) is 13.2. The van der Waals surface area contributed by atoms with Crippen LogP contribution in [0.5, 0.6) is 0 Å². The van der Waals surface area contributed by atoms with Gasteiger partial charge < -0.3 is 14.4 Å². The van der Waals surface area contributed by atoms with Crippen LogP contribution in [0.3, 0.4) is 0 Å². The van der Waals surface area contributed by atoms with Crippen molar-refractivity contribution in [2.24, 2.45) is 17.8 Å². The monoisotopic (exact) mass is 407 g/mol. The van der Waals surface area contributed by atoms with Crippen molar-refractivity contribution in [3.05, 3.63) is 12.3 Å². The molecule has 0 N–H and O–H groups in total. The van der Waals surface area contributed by atoms with Gasteiger partial charge in [0, 0.05) is 31.7 Å². The highest BCUT2D eigenvalue weighted by Gasteiger charge is 2.54. The zero-order valence-electron chi connectivity index (χ0n) is 16.8. The molecule has 5 aliphatic rings. The molecule has 1 aliphatic heterocycles. The molecule has 4 fully saturated rings. The van der Waals surface area contributed by atoms with E-state index in [9.17, 15) is 14.4 Å². The third-order valence-corrected chi connectivity index (χ3v) is 8.37. The van der Waals surface area contributed by atoms with Crippen LogP contribution in [0.4, 0.5) is 0 Å². The van der Waals surface area contributed by atoms with Gasteiger partial charge in [-0.15, -0.1) is 11.8 Å². The predicted molar refractivity (Wildman–Crippen MR) is 105 cm³/mol. The molecular formula is C21H29NO5S. The Hall–Kier alpha value is -1.50. The molecule has 3 atom stereocenters. The van der Waals surface area contributed by atoms with Crippen LogP contribution in [0.15, 0.2) is 12.3 Å². The Morgan fingerprint density at radius 3 is 1.93 bits per heavy atom. The maximum Gasteiger partial charge on any atom is 0.303 e. The van der Waals surface area contributed by atoms with Crippen molar-refractivity contribution in [2.75, 3.05) is 0 Å². The number of rotatable bonds is 4. The average molecular weight is 408 g/mol. The largest absolute Gasteiger partial charge is 0.455 e. The zero-order valence-corrected chi connectivity index (χ0v) is 17.6. The minimum absolute atomic E-state index is 0.100. The lowest BCUT2D eigenvalue weighted by Crippen LogP contribution is -2.56. The summed E-state index contributed by atoms with van der Waals surface area (Å²) in [6.45, 7) is 4.22. The summed E-state index contributed by atoms with van der Waals surface area (Å²) >= 11 is 1.78. The first kappa shape index (κ1) is 19.8. The molecule has 1 amide bonds. The number of carbonyl (C=O) groups excluding carboxylic acids is 3. The lowest BCUT2D eigenvalue weighted by molar-refractivity contribution is -0.165. The van der Waals surface area contributed by atoms with Crippen LogP contribution in [0.25, 0.3) is 0 Å². The smallest absolute Gasteiger partial charge is 0.303 e. The molecule has 4 bridgehead atoms. The number of esters is 2. The van der Waals surface area contributed by atoms with Gasteiger partial charge in [0.15, 0.2) is 12.2 Å². The molecule has 7 heteroatoms. The highest BCUT2D eigenvalue weighted by Crippen LogP contribution is 2.62. The van der Waals surface area contributed by atoms with Gasteiger partial charge in [0.1, 0.15) is 5.37 Å². The molecule has 0 aromatic heterocycles. The molecule has 6 nitrogen and oxygen atoms in total. The predicted octanol–water partition coefficient (Wildman–Crippen LogP) is 3.25. The van der Waals surface area contributed by atoms with Crippen molar-refractivity contribution in [3.63, 3.8) is 0 Å². The summed E-state index contributed by atoms with van der Waals surface area (Å²) in [6, 6.07) is 0. The number of ether oxygens (including phenoxy) is 2. The van der Waals surface area contributed by atoms with E-state index in [2.05, 4.69) is 0 Å². The number of hydrogen-bond donors (Lipinski definition) is 0. The van der Waals surface area contributed by atoms with Crippen LogP contribution in [0.2, 0.25) is 0 Å². The van der Waals surface area contributed by atoms with E-state index in [4.69, 9.17) is 9.47 Å². The van der Waals surface area contributed by atoms with Crippen molar-refractivity contribution < 1.29 is 23.9 Å². The molecule has 1 heterocycles. The van der Waals surface area contributed by atoms with Crippen LogP contribution in [0.1, 0.15) is 59.3 Å². The number of nitrogens with zero attached hydrogens (tertiary/aromatic N) is 1. The standard InChI is InChI=1S/C21H29NO5S/c1-12(23)22-5-4-18(26-13(2)24)19(27-14(3)25)20(22)28-21-9-15-6-16(10-21)8-17(7-15)11-21/h4-5,15-20H,6-11H2,1-3H3/t15?,16?,17?,18-,19-,20+,21?/m1/s1. The van der Waals surface area contributed by atoms with E-state index in [1.165, 1.54) is 59.3 Å². The fourth-order valence-corrected chi connectivity index (χ4v) is 8.33. The van der Waals surface area contributed by atoms with E-state index in [1.54, 1.807) is 28.9 Å². The van der Waals surface area contributed by atoms with Crippen molar-refractivity contribution >= 4 is 29.6 Å². The molecule has 5 rings (SSSR count). The molecule has 154 valence electrons. The number of carbonyl (C=O) groups is 3. The van der Waals surface area contributed by atoms with E-state index >= 15 is 0 Å². The van der Waals surface area contributed by atoms with Gasteiger partial charge in [-0.25, -0.2) is 0 Å². The maximum absolute atomic E-state index is 12.4. The summed E-state index contributed by atoms with van der Waals surface area (Å²) in [5.41, 5.74) is 0. The minimum Gasteiger partial charge on any atom is -0.455 e. The van der Waals surface area contributed by atoms with Gasteiger partial charge in [0.2, 0.25) is 5.91 Å². The van der Waals surface area contributed by atoms with E-state index in [-0.39, 0.29) is 16.0 Å². The van der Waals surface area contributed by atoms with E-state index in [0.29, 0.717) is 0 Å². The lowest BCUT2D eigenvalue weighted by Gasteiger charge is -2.58. The van der Waals surface area contributed by atoms with Gasteiger partial charge in [0.05, 0.1) is 0 Å². The fourth-order valence-electron chi connectivity index (χ4n) is 6.15. The summed E-state index contributed by atoms with van der Waals surface area (Å²) in [4.78, 5) is 37.4. The second-order valence-electron chi connectivity index (χ2n) is 9.02. The molecule has 28 heavy (non-hydrogen) atoms. The Morgan fingerprint density at radius 2 is 1.46 bits per heavy atom. The van der Waals surface area contributed by atoms with Crippen LogP contribution in [-0.4, -0.2) is 45.1 Å². The van der Waals surface area contributed by atoms with Gasteiger partial charge in [-0.05, 0) is 62.4 Å². The highest BCUT2D eigenvalue weighted by molar-refractivity contribution is 8.01. The fraction of sp³-hybridized carbons (Fsp3) is 0.762. The first-order valence-corrected chi connectivity index (χ1v) is 11.1. The topological polar surface area (TPSA) is 72.9 Å². The third kappa shape index (κ3) is 3.82. The molecule has 0 unspecified atom stereocenters.